The normalized spacial score (nSPS) is 10.9. The number of benzene rings is 1. The van der Waals surface area contributed by atoms with Crippen LogP contribution in [-0.2, 0) is 4.43 Å². The molecule has 0 aliphatic heterocycles. The Morgan fingerprint density at radius 1 is 1.56 bits per heavy atom. The van der Waals surface area contributed by atoms with E-state index in [0.29, 0.717) is 5.56 Å². The summed E-state index contributed by atoms with van der Waals surface area (Å²) in [4.78, 5) is 20.3. The van der Waals surface area contributed by atoms with Crippen molar-refractivity contribution < 1.29 is 19.9 Å². The van der Waals surface area contributed by atoms with Gasteiger partial charge in [0.1, 0.15) is 0 Å². The van der Waals surface area contributed by atoms with Gasteiger partial charge in [-0.25, -0.2) is 0 Å². The predicted molar refractivity (Wildman–Crippen MR) is 64.7 cm³/mol. The molecule has 0 unspecified atom stereocenters. The molecule has 0 spiro atoms. The number of hydrogen-bond donors (Lipinski definition) is 3. The van der Waals surface area contributed by atoms with E-state index < -0.39 is 40.4 Å². The zero-order valence-electron chi connectivity index (χ0n) is 7.96. The quantitative estimate of drug-likeness (QED) is 0.192. The third-order valence-electron chi connectivity index (χ3n) is 1.74. The van der Waals surface area contributed by atoms with Crippen LogP contribution in [-0.4, -0.2) is 19.1 Å². The van der Waals surface area contributed by atoms with Crippen LogP contribution in [0.3, 0.4) is 0 Å². The van der Waals surface area contributed by atoms with Gasteiger partial charge in [-0.2, -0.15) is 0 Å². The molecule has 1 aromatic carbocycles. The molecule has 4 N–H and O–H groups in total. The van der Waals surface area contributed by atoms with Gasteiger partial charge in [0.25, 0.3) is 0 Å². The molecule has 7 nitrogen and oxygen atoms in total. The van der Waals surface area contributed by atoms with Crippen molar-refractivity contribution in [3.63, 3.8) is 0 Å². The van der Waals surface area contributed by atoms with E-state index in [1.165, 1.54) is 12.1 Å². The molecule has 0 saturated heterocycles. The van der Waals surface area contributed by atoms with Gasteiger partial charge in [-0.3, -0.25) is 0 Å². The Balaban J connectivity index is 2.95. The van der Waals surface area contributed by atoms with Crippen LogP contribution in [0.5, 0.6) is 5.75 Å². The number of carboxylic acid groups (broad SMARTS) is 1. The number of carbonyl (C=O) groups is 1. The fraction of sp³-hybridized carbons (Fsp3) is 0.125. The molecular weight excluding hydrogens is 331 g/mol. The number of aromatic hydroxyl groups is 1. The van der Waals surface area contributed by atoms with E-state index in [1.54, 1.807) is 0 Å². The molecule has 1 rings (SSSR count). The van der Waals surface area contributed by atoms with Crippen LogP contribution in [0.15, 0.2) is 18.2 Å². The summed E-state index contributed by atoms with van der Waals surface area (Å²) >= 11 is -2.63. The van der Waals surface area contributed by atoms with Gasteiger partial charge in [-0.05, 0) is 0 Å². The maximum absolute atomic E-state index is 10.6. The average molecular weight is 340 g/mol. The van der Waals surface area contributed by atoms with Crippen LogP contribution in [0, 0.1) is 10.1 Å². The molecule has 1 aromatic rings. The molecule has 0 heterocycles. The minimum atomic E-state index is -2.63. The van der Waals surface area contributed by atoms with Gasteiger partial charge >= 0.3 is 97.7 Å². The maximum atomic E-state index is 10.6. The average Bonchev–Trinajstić information content (AvgIpc) is 2.20. The number of nitro benzene ring substituents is 1. The fourth-order valence-corrected chi connectivity index (χ4v) is 2.77. The molecule has 8 heteroatoms. The Kier molecular flexibility index (Phi) is 4.01. The first-order valence-electron chi connectivity index (χ1n) is 4.01. The second-order valence-electron chi connectivity index (χ2n) is 2.86. The molecule has 0 aromatic heterocycles. The number of nitrogens with two attached hydrogens (primary N) is 1. The van der Waals surface area contributed by atoms with Gasteiger partial charge in [-0.15, -0.1) is 0 Å². The van der Waals surface area contributed by atoms with Crippen molar-refractivity contribution in [2.75, 3.05) is 0 Å². The first-order valence-corrected chi connectivity index (χ1v) is 7.86. The number of hydrogen-bond acceptors (Lipinski definition) is 5. The number of alkyl halides is 1. The summed E-state index contributed by atoms with van der Waals surface area (Å²) in [7, 11) is 0. The third-order valence-corrected chi connectivity index (χ3v) is 4.63. The summed E-state index contributed by atoms with van der Waals surface area (Å²) < 4.78 is 4.54. The van der Waals surface area contributed by atoms with Gasteiger partial charge in [0.15, 0.2) is 0 Å². The summed E-state index contributed by atoms with van der Waals surface area (Å²) in [5, 5.41) is 28.3. The molecule has 0 atom stereocenters. The van der Waals surface area contributed by atoms with Crippen LogP contribution in [0.4, 0.5) is 10.5 Å². The molecule has 88 valence electrons. The van der Waals surface area contributed by atoms with Crippen molar-refractivity contribution in [2.24, 2.45) is 3.95 Å². The number of nitrogens with zero attached hydrogens (tertiary/aromatic N) is 1. The molecule has 0 saturated carbocycles. The van der Waals surface area contributed by atoms with E-state index in [0.717, 1.165) is 6.07 Å². The first kappa shape index (κ1) is 12.6. The van der Waals surface area contributed by atoms with Crippen LogP contribution >= 0.6 is 20.1 Å². The van der Waals surface area contributed by atoms with Crippen molar-refractivity contribution in [3.05, 3.63) is 33.9 Å². The summed E-state index contributed by atoms with van der Waals surface area (Å²) in [5.41, 5.74) is 0.0201. The van der Waals surface area contributed by atoms with Crippen molar-refractivity contribution >= 4 is 29.8 Å². The summed E-state index contributed by atoms with van der Waals surface area (Å²) in [6, 6.07) is 3.75. The van der Waals surface area contributed by atoms with Gasteiger partial charge in [0.2, 0.25) is 0 Å². The number of rotatable bonds is 4. The van der Waals surface area contributed by atoms with E-state index in [-0.39, 0.29) is 4.43 Å². The molecule has 0 fully saturated rings. The minimum absolute atomic E-state index is 0.125. The van der Waals surface area contributed by atoms with E-state index in [9.17, 15) is 20.0 Å². The number of nitro groups is 1. The SMILES string of the molecule is NI(Cc1ccc(O)c([N+](=O)[O-])c1)C(=O)O. The molecule has 0 aliphatic rings. The fourth-order valence-electron chi connectivity index (χ4n) is 1.02. The van der Waals surface area contributed by atoms with Gasteiger partial charge in [-0.1, -0.05) is 0 Å². The molecular formula is C8H9IN2O5. The van der Waals surface area contributed by atoms with Crippen LogP contribution < -0.4 is 3.95 Å². The van der Waals surface area contributed by atoms with Crippen molar-refractivity contribution in [1.29, 1.82) is 0 Å². The van der Waals surface area contributed by atoms with E-state index in [1.807, 2.05) is 0 Å². The monoisotopic (exact) mass is 340 g/mol. The van der Waals surface area contributed by atoms with E-state index >= 15 is 0 Å². The summed E-state index contributed by atoms with van der Waals surface area (Å²) in [5.74, 6) is -0.443. The Morgan fingerprint density at radius 2 is 2.19 bits per heavy atom. The number of phenols is 1. The van der Waals surface area contributed by atoms with Gasteiger partial charge < -0.3 is 0 Å². The standard InChI is InChI=1S/C8H9IN2O5/c10-9(8(13)14)4-5-1-2-7(12)6(3-5)11(15)16/h1-3,12H,4,10H2,(H,13,14). The summed E-state index contributed by atoms with van der Waals surface area (Å²) in [6.07, 6.45) is 0. The Hall–Kier alpha value is -1.42. The summed E-state index contributed by atoms with van der Waals surface area (Å²) in [6.45, 7) is 0. The zero-order chi connectivity index (χ0) is 12.3. The van der Waals surface area contributed by atoms with E-state index in [4.69, 9.17) is 9.05 Å². The van der Waals surface area contributed by atoms with Crippen LogP contribution in [0.1, 0.15) is 5.56 Å². The Labute approximate surface area is 97.8 Å². The van der Waals surface area contributed by atoms with Crippen LogP contribution in [0.25, 0.3) is 0 Å². The Bertz CT molecular complexity index is 436. The number of halogens is 1. The third kappa shape index (κ3) is 3.03. The van der Waals surface area contributed by atoms with E-state index in [2.05, 4.69) is 0 Å². The van der Waals surface area contributed by atoms with Crippen molar-refractivity contribution in [1.82, 2.24) is 0 Å². The Morgan fingerprint density at radius 3 is 2.69 bits per heavy atom. The topological polar surface area (TPSA) is 127 Å². The number of phenolic OH excluding ortho intramolecular Hbond substituents is 1. The zero-order valence-corrected chi connectivity index (χ0v) is 10.1. The van der Waals surface area contributed by atoms with Crippen molar-refractivity contribution in [3.8, 4) is 5.75 Å². The van der Waals surface area contributed by atoms with Crippen molar-refractivity contribution in [2.45, 2.75) is 4.43 Å². The van der Waals surface area contributed by atoms with Gasteiger partial charge in [0, 0.05) is 0 Å². The second-order valence-corrected chi connectivity index (χ2v) is 6.82. The second kappa shape index (κ2) is 5.07. The molecule has 0 radical (unpaired) electrons. The van der Waals surface area contributed by atoms with Crippen LogP contribution in [0.2, 0.25) is 0 Å². The molecule has 16 heavy (non-hydrogen) atoms. The molecule has 0 aliphatic carbocycles. The predicted octanol–water partition coefficient (Wildman–Crippen LogP) is 1.86. The molecule has 0 amide bonds. The van der Waals surface area contributed by atoms with Gasteiger partial charge in [0.05, 0.1) is 0 Å². The first-order chi connectivity index (χ1) is 7.41. The molecule has 0 bridgehead atoms.